The van der Waals surface area contributed by atoms with Crippen LogP contribution in [0.2, 0.25) is 0 Å². The van der Waals surface area contributed by atoms with E-state index in [1.807, 2.05) is 55.4 Å². The fourth-order valence-electron chi connectivity index (χ4n) is 7.20. The standard InChI is InChI=1S/C28H50N4O6S/c1-23(2)15-27(21(35)37-9,16-24(3,4)31-23)29-19(33)11-13-39-14-12-20(34)30-28(22(36)38-10)17-25(5,6)32-26(7,8)18-28/h31-32H,11-18H2,1-10H3,(H,29,33)(H,30,34). The molecule has 2 heterocycles. The van der Waals surface area contributed by atoms with Crippen LogP contribution in [0.15, 0.2) is 0 Å². The predicted octanol–water partition coefficient (Wildman–Crippen LogP) is 2.44. The maximum atomic E-state index is 12.9. The summed E-state index contributed by atoms with van der Waals surface area (Å²) < 4.78 is 10.2. The fraction of sp³-hybridized carbons (Fsp3) is 0.857. The Morgan fingerprint density at radius 1 is 0.615 bits per heavy atom. The van der Waals surface area contributed by atoms with Crippen LogP contribution in [0, 0.1) is 0 Å². The highest BCUT2D eigenvalue weighted by molar-refractivity contribution is 7.99. The van der Waals surface area contributed by atoms with Crippen molar-refractivity contribution in [1.29, 1.82) is 0 Å². The van der Waals surface area contributed by atoms with Crippen LogP contribution in [0.3, 0.4) is 0 Å². The van der Waals surface area contributed by atoms with Gasteiger partial charge in [-0.1, -0.05) is 0 Å². The molecule has 0 spiro atoms. The quantitative estimate of drug-likeness (QED) is 0.231. The Labute approximate surface area is 238 Å². The first-order chi connectivity index (χ1) is 17.7. The summed E-state index contributed by atoms with van der Waals surface area (Å²) in [4.78, 5) is 51.5. The summed E-state index contributed by atoms with van der Waals surface area (Å²) in [6.07, 6.45) is 2.08. The van der Waals surface area contributed by atoms with Crippen LogP contribution in [0.5, 0.6) is 0 Å². The van der Waals surface area contributed by atoms with Gasteiger partial charge in [0.25, 0.3) is 0 Å². The van der Waals surface area contributed by atoms with Gasteiger partial charge in [0.05, 0.1) is 14.2 Å². The third-order valence-corrected chi connectivity index (χ3v) is 8.17. The number of methoxy groups -OCH3 is 2. The molecule has 0 aromatic heterocycles. The molecule has 0 saturated carbocycles. The lowest BCUT2D eigenvalue weighted by Gasteiger charge is -2.51. The highest BCUT2D eigenvalue weighted by Gasteiger charge is 2.54. The van der Waals surface area contributed by atoms with E-state index in [9.17, 15) is 19.2 Å². The largest absolute Gasteiger partial charge is 0.467 e. The zero-order valence-electron chi connectivity index (χ0n) is 25.5. The van der Waals surface area contributed by atoms with Crippen LogP contribution in [-0.2, 0) is 28.7 Å². The highest BCUT2D eigenvalue weighted by Crippen LogP contribution is 2.38. The Morgan fingerprint density at radius 2 is 0.897 bits per heavy atom. The summed E-state index contributed by atoms with van der Waals surface area (Å²) in [5.74, 6) is -0.344. The summed E-state index contributed by atoms with van der Waals surface area (Å²) >= 11 is 1.48. The Bertz CT molecular complexity index is 840. The predicted molar refractivity (Wildman–Crippen MR) is 153 cm³/mol. The monoisotopic (exact) mass is 570 g/mol. The summed E-state index contributed by atoms with van der Waals surface area (Å²) in [5.41, 5.74) is -3.69. The van der Waals surface area contributed by atoms with E-state index < -0.39 is 23.0 Å². The first kappa shape index (κ1) is 33.4. The van der Waals surface area contributed by atoms with Gasteiger partial charge in [0.2, 0.25) is 11.8 Å². The Kier molecular flexibility index (Phi) is 10.2. The van der Waals surface area contributed by atoms with E-state index in [2.05, 4.69) is 21.3 Å². The molecule has 11 heteroatoms. The number of nitrogens with one attached hydrogen (secondary N) is 4. The molecule has 39 heavy (non-hydrogen) atoms. The van der Waals surface area contributed by atoms with Crippen molar-refractivity contribution < 1.29 is 28.7 Å². The fourth-order valence-corrected chi connectivity index (χ4v) is 8.06. The van der Waals surface area contributed by atoms with Crippen molar-refractivity contribution in [2.24, 2.45) is 0 Å². The molecule has 2 fully saturated rings. The van der Waals surface area contributed by atoms with Crippen molar-refractivity contribution in [2.45, 2.75) is 127 Å². The van der Waals surface area contributed by atoms with Crippen LogP contribution in [0.25, 0.3) is 0 Å². The molecule has 2 aliphatic rings. The van der Waals surface area contributed by atoms with Crippen molar-refractivity contribution in [3.63, 3.8) is 0 Å². The number of amides is 2. The van der Waals surface area contributed by atoms with Gasteiger partial charge >= 0.3 is 11.9 Å². The number of hydrogen-bond acceptors (Lipinski definition) is 9. The average molecular weight is 571 g/mol. The zero-order chi connectivity index (χ0) is 29.9. The van der Waals surface area contributed by atoms with Gasteiger partial charge in [-0.3, -0.25) is 9.59 Å². The molecule has 2 rings (SSSR count). The molecule has 0 aliphatic carbocycles. The van der Waals surface area contributed by atoms with Gasteiger partial charge < -0.3 is 30.7 Å². The van der Waals surface area contributed by atoms with Crippen molar-refractivity contribution in [3.8, 4) is 0 Å². The van der Waals surface area contributed by atoms with E-state index in [-0.39, 0.29) is 46.8 Å². The number of carbonyl (C=O) groups excluding carboxylic acids is 4. The molecule has 2 amide bonds. The molecule has 0 bridgehead atoms. The van der Waals surface area contributed by atoms with Crippen LogP contribution < -0.4 is 21.3 Å². The summed E-state index contributed by atoms with van der Waals surface area (Å²) in [5, 5.41) is 13.0. The summed E-state index contributed by atoms with van der Waals surface area (Å²) in [7, 11) is 2.69. The van der Waals surface area contributed by atoms with Crippen LogP contribution in [0.4, 0.5) is 0 Å². The maximum Gasteiger partial charge on any atom is 0.331 e. The van der Waals surface area contributed by atoms with E-state index >= 15 is 0 Å². The molecule has 0 radical (unpaired) electrons. The van der Waals surface area contributed by atoms with Gasteiger partial charge in [-0.15, -0.1) is 0 Å². The number of piperidine rings is 2. The molecule has 4 N–H and O–H groups in total. The first-order valence-electron chi connectivity index (χ1n) is 13.7. The SMILES string of the molecule is COC(=O)C1(NC(=O)CCSCCC(=O)NC2(C(=O)OC)CC(C)(C)NC(C)(C)C2)CC(C)(C)NC(C)(C)C1. The van der Waals surface area contributed by atoms with Crippen LogP contribution >= 0.6 is 11.8 Å². The second-order valence-corrected chi connectivity index (χ2v) is 15.1. The van der Waals surface area contributed by atoms with Crippen LogP contribution in [-0.4, -0.2) is 82.7 Å². The van der Waals surface area contributed by atoms with Gasteiger partial charge in [0.15, 0.2) is 0 Å². The molecular formula is C28H50N4O6S. The van der Waals surface area contributed by atoms with Crippen molar-refractivity contribution in [1.82, 2.24) is 21.3 Å². The Morgan fingerprint density at radius 3 is 1.15 bits per heavy atom. The molecule has 0 atom stereocenters. The molecule has 0 aromatic carbocycles. The summed E-state index contributed by atoms with van der Waals surface area (Å²) in [6, 6.07) is 0. The second kappa shape index (κ2) is 11.9. The molecule has 0 aromatic rings. The van der Waals surface area contributed by atoms with Gasteiger partial charge in [-0.05, 0) is 81.1 Å². The third kappa shape index (κ3) is 9.08. The Balaban J connectivity index is 1.92. The van der Waals surface area contributed by atoms with Crippen molar-refractivity contribution in [3.05, 3.63) is 0 Å². The second-order valence-electron chi connectivity index (χ2n) is 13.8. The summed E-state index contributed by atoms with van der Waals surface area (Å²) in [6.45, 7) is 16.1. The number of esters is 2. The topological polar surface area (TPSA) is 135 Å². The van der Waals surface area contributed by atoms with Crippen molar-refractivity contribution in [2.75, 3.05) is 25.7 Å². The van der Waals surface area contributed by atoms with Gasteiger partial charge in [-0.2, -0.15) is 11.8 Å². The van der Waals surface area contributed by atoms with E-state index in [0.29, 0.717) is 37.2 Å². The first-order valence-corrected chi connectivity index (χ1v) is 14.8. The van der Waals surface area contributed by atoms with Crippen molar-refractivity contribution >= 4 is 35.5 Å². The molecule has 10 nitrogen and oxygen atoms in total. The highest BCUT2D eigenvalue weighted by atomic mass is 32.2. The minimum Gasteiger partial charge on any atom is -0.467 e. The lowest BCUT2D eigenvalue weighted by molar-refractivity contribution is -0.155. The van der Waals surface area contributed by atoms with Gasteiger partial charge in [0.1, 0.15) is 11.1 Å². The third-order valence-electron chi connectivity index (χ3n) is 7.19. The Hall–Kier alpha value is -1.85. The lowest BCUT2D eigenvalue weighted by atomic mass is 9.70. The number of thioether (sulfide) groups is 1. The maximum absolute atomic E-state index is 12.9. The van der Waals surface area contributed by atoms with E-state index in [1.165, 1.54) is 26.0 Å². The number of rotatable bonds is 10. The molecule has 0 unspecified atom stereocenters. The minimum absolute atomic E-state index is 0.208. The average Bonchev–Trinajstić information content (AvgIpc) is 2.72. The smallest absolute Gasteiger partial charge is 0.331 e. The number of hydrogen-bond donors (Lipinski definition) is 4. The van der Waals surface area contributed by atoms with E-state index in [1.54, 1.807) is 0 Å². The van der Waals surface area contributed by atoms with E-state index in [4.69, 9.17) is 9.47 Å². The number of ether oxygens (including phenoxy) is 2. The zero-order valence-corrected chi connectivity index (χ0v) is 26.3. The molecular weight excluding hydrogens is 520 g/mol. The minimum atomic E-state index is -1.10. The molecule has 2 aliphatic heterocycles. The lowest BCUT2D eigenvalue weighted by Crippen LogP contribution is -2.71. The van der Waals surface area contributed by atoms with Gasteiger partial charge in [-0.25, -0.2) is 9.59 Å². The van der Waals surface area contributed by atoms with Crippen LogP contribution in [0.1, 0.15) is 93.9 Å². The van der Waals surface area contributed by atoms with Gasteiger partial charge in [0, 0.05) is 46.5 Å². The molecule has 224 valence electrons. The van der Waals surface area contributed by atoms with E-state index in [0.717, 1.165) is 0 Å². The number of carbonyl (C=O) groups is 4. The normalized spacial score (nSPS) is 23.6. The molecule has 2 saturated heterocycles.